The molecule has 1 aliphatic heterocycles. The fourth-order valence-electron chi connectivity index (χ4n) is 3.92. The molecular formula is C28H16Cl3NO4. The van der Waals surface area contributed by atoms with E-state index in [1.807, 2.05) is 30.3 Å². The topological polar surface area (TPSA) is 70.8 Å². The lowest BCUT2D eigenvalue weighted by Gasteiger charge is -2.21. The first-order valence-corrected chi connectivity index (χ1v) is 11.9. The number of anilines is 1. The minimum absolute atomic E-state index is 0.0849. The van der Waals surface area contributed by atoms with Crippen LogP contribution in [0.4, 0.5) is 5.69 Å². The molecule has 4 aromatic rings. The molecule has 2 heterocycles. The third kappa shape index (κ3) is 4.56. The number of nitrogens with zero attached hydrogens (tertiary/aromatic N) is 1. The smallest absolute Gasteiger partial charge is 0.337 e. The molecule has 0 fully saturated rings. The first-order chi connectivity index (χ1) is 17.3. The van der Waals surface area contributed by atoms with Crippen LogP contribution in [0.2, 0.25) is 15.1 Å². The highest BCUT2D eigenvalue weighted by molar-refractivity contribution is 6.35. The van der Waals surface area contributed by atoms with Crippen molar-refractivity contribution in [1.29, 1.82) is 0 Å². The second kappa shape index (κ2) is 9.70. The first kappa shape index (κ1) is 23.9. The van der Waals surface area contributed by atoms with Gasteiger partial charge < -0.3 is 9.52 Å². The number of hydrogen-bond acceptors (Lipinski definition) is 3. The number of rotatable bonds is 5. The number of benzene rings is 3. The molecule has 1 amide bonds. The van der Waals surface area contributed by atoms with E-state index in [-0.39, 0.29) is 16.5 Å². The largest absolute Gasteiger partial charge is 0.478 e. The highest BCUT2D eigenvalue weighted by atomic mass is 35.5. The molecule has 0 unspecified atom stereocenters. The molecule has 0 saturated heterocycles. The SMILES string of the molecule is O=C(O)c1cc(N2C(=O)/C(=C/c3ccc(-c4cc(Cl)ccc4Cl)o3)C=C2c2ccccc2)ccc1Cl. The van der Waals surface area contributed by atoms with Gasteiger partial charge in [0.15, 0.2) is 0 Å². The van der Waals surface area contributed by atoms with E-state index >= 15 is 0 Å². The van der Waals surface area contributed by atoms with Crippen molar-refractivity contribution < 1.29 is 19.1 Å². The van der Waals surface area contributed by atoms with Gasteiger partial charge in [-0.15, -0.1) is 0 Å². The Labute approximate surface area is 221 Å². The Hall–Kier alpha value is -3.77. The molecular weight excluding hydrogens is 521 g/mol. The van der Waals surface area contributed by atoms with Crippen LogP contribution in [0.1, 0.15) is 21.7 Å². The lowest BCUT2D eigenvalue weighted by molar-refractivity contribution is -0.113. The number of carbonyl (C=O) groups excluding carboxylic acids is 1. The minimum Gasteiger partial charge on any atom is -0.478 e. The van der Waals surface area contributed by atoms with Gasteiger partial charge in [-0.3, -0.25) is 9.69 Å². The maximum Gasteiger partial charge on any atom is 0.337 e. The van der Waals surface area contributed by atoms with E-state index < -0.39 is 5.97 Å². The van der Waals surface area contributed by atoms with Crippen LogP contribution in [0.15, 0.2) is 94.9 Å². The van der Waals surface area contributed by atoms with Crippen LogP contribution >= 0.6 is 34.8 Å². The molecule has 178 valence electrons. The van der Waals surface area contributed by atoms with E-state index in [2.05, 4.69) is 0 Å². The van der Waals surface area contributed by atoms with Crippen molar-refractivity contribution in [2.24, 2.45) is 0 Å². The third-order valence-electron chi connectivity index (χ3n) is 5.61. The van der Waals surface area contributed by atoms with Crippen molar-refractivity contribution in [3.05, 3.63) is 122 Å². The standard InChI is InChI=1S/C28H16Cl3NO4/c29-18-6-9-23(30)21(14-18)26-11-8-20(36-26)12-17-13-25(16-4-2-1-3-5-16)32(27(17)33)19-7-10-24(31)22(15-19)28(34)35/h1-15H,(H,34,35)/b17-12+. The van der Waals surface area contributed by atoms with E-state index in [0.29, 0.717) is 44.1 Å². The summed E-state index contributed by atoms with van der Waals surface area (Å²) in [7, 11) is 0. The molecule has 0 radical (unpaired) electrons. The van der Waals surface area contributed by atoms with Gasteiger partial charge in [-0.2, -0.15) is 0 Å². The first-order valence-electron chi connectivity index (χ1n) is 10.7. The van der Waals surface area contributed by atoms with Crippen molar-refractivity contribution in [2.45, 2.75) is 0 Å². The van der Waals surface area contributed by atoms with Crippen LogP contribution in [0.5, 0.6) is 0 Å². The zero-order valence-electron chi connectivity index (χ0n) is 18.4. The molecule has 0 aliphatic carbocycles. The highest BCUT2D eigenvalue weighted by Gasteiger charge is 2.31. The summed E-state index contributed by atoms with van der Waals surface area (Å²) in [5.41, 5.74) is 2.66. The predicted molar refractivity (Wildman–Crippen MR) is 142 cm³/mol. The number of hydrogen-bond donors (Lipinski definition) is 1. The molecule has 5 rings (SSSR count). The van der Waals surface area contributed by atoms with Crippen molar-refractivity contribution >= 4 is 64.1 Å². The fourth-order valence-corrected chi connectivity index (χ4v) is 4.51. The Kier molecular flexibility index (Phi) is 6.46. The van der Waals surface area contributed by atoms with Gasteiger partial charge in [0.05, 0.1) is 27.0 Å². The van der Waals surface area contributed by atoms with Gasteiger partial charge >= 0.3 is 5.97 Å². The summed E-state index contributed by atoms with van der Waals surface area (Å²) in [5.74, 6) is -0.575. The number of aromatic carboxylic acids is 1. The quantitative estimate of drug-likeness (QED) is 0.262. The van der Waals surface area contributed by atoms with E-state index in [4.69, 9.17) is 39.2 Å². The molecule has 36 heavy (non-hydrogen) atoms. The molecule has 0 atom stereocenters. The van der Waals surface area contributed by atoms with Crippen molar-refractivity contribution in [3.8, 4) is 11.3 Å². The molecule has 1 N–H and O–H groups in total. The summed E-state index contributed by atoms with van der Waals surface area (Å²) in [6.07, 6.45) is 3.36. The maximum absolute atomic E-state index is 13.6. The zero-order valence-corrected chi connectivity index (χ0v) is 20.7. The zero-order chi connectivity index (χ0) is 25.4. The van der Waals surface area contributed by atoms with Gasteiger partial charge in [-0.25, -0.2) is 4.79 Å². The van der Waals surface area contributed by atoms with Gasteiger partial charge in [-0.05, 0) is 66.2 Å². The lowest BCUT2D eigenvalue weighted by Crippen LogP contribution is -2.25. The van der Waals surface area contributed by atoms with Crippen molar-refractivity contribution in [2.75, 3.05) is 4.90 Å². The minimum atomic E-state index is -1.18. The van der Waals surface area contributed by atoms with Gasteiger partial charge in [0.25, 0.3) is 5.91 Å². The molecule has 5 nitrogen and oxygen atoms in total. The van der Waals surface area contributed by atoms with Gasteiger partial charge in [0.2, 0.25) is 0 Å². The Morgan fingerprint density at radius 3 is 2.39 bits per heavy atom. The predicted octanol–water partition coefficient (Wildman–Crippen LogP) is 8.08. The second-order valence-electron chi connectivity index (χ2n) is 7.93. The van der Waals surface area contributed by atoms with Crippen LogP contribution in [-0.4, -0.2) is 17.0 Å². The summed E-state index contributed by atoms with van der Waals surface area (Å²) in [6.45, 7) is 0. The maximum atomic E-state index is 13.6. The number of furan rings is 1. The summed E-state index contributed by atoms with van der Waals surface area (Å²) in [4.78, 5) is 26.7. The van der Waals surface area contributed by atoms with Gasteiger partial charge in [0, 0.05) is 16.2 Å². The average molecular weight is 537 g/mol. The Bertz CT molecular complexity index is 1570. The Morgan fingerprint density at radius 2 is 1.64 bits per heavy atom. The molecule has 1 aromatic heterocycles. The van der Waals surface area contributed by atoms with E-state index in [1.54, 1.807) is 48.6 Å². The molecule has 0 bridgehead atoms. The van der Waals surface area contributed by atoms with E-state index in [9.17, 15) is 14.7 Å². The summed E-state index contributed by atoms with van der Waals surface area (Å²) in [5, 5.41) is 10.6. The Morgan fingerprint density at radius 1 is 0.889 bits per heavy atom. The van der Waals surface area contributed by atoms with Crippen LogP contribution < -0.4 is 4.90 Å². The Balaban J connectivity index is 1.57. The monoisotopic (exact) mass is 535 g/mol. The van der Waals surface area contributed by atoms with E-state index in [0.717, 1.165) is 5.56 Å². The van der Waals surface area contributed by atoms with Crippen molar-refractivity contribution in [3.63, 3.8) is 0 Å². The van der Waals surface area contributed by atoms with E-state index in [1.165, 1.54) is 17.0 Å². The normalized spacial score (nSPS) is 14.4. The number of carbonyl (C=O) groups is 2. The molecule has 1 aliphatic rings. The number of carboxylic acid groups (broad SMARTS) is 1. The number of carboxylic acids is 1. The fraction of sp³-hybridized carbons (Fsp3) is 0. The summed E-state index contributed by atoms with van der Waals surface area (Å²) in [6, 6.07) is 22.4. The third-order valence-corrected chi connectivity index (χ3v) is 6.50. The van der Waals surface area contributed by atoms with Crippen LogP contribution in [0.3, 0.4) is 0 Å². The second-order valence-corrected chi connectivity index (χ2v) is 9.18. The summed E-state index contributed by atoms with van der Waals surface area (Å²) < 4.78 is 5.95. The average Bonchev–Trinajstić information content (AvgIpc) is 3.46. The number of amides is 1. The van der Waals surface area contributed by atoms with Crippen molar-refractivity contribution in [1.82, 2.24) is 0 Å². The van der Waals surface area contributed by atoms with Gasteiger partial charge in [0.1, 0.15) is 11.5 Å². The highest BCUT2D eigenvalue weighted by Crippen LogP contribution is 2.37. The van der Waals surface area contributed by atoms with Gasteiger partial charge in [-0.1, -0.05) is 65.1 Å². The molecule has 3 aromatic carbocycles. The van der Waals surface area contributed by atoms with Crippen LogP contribution in [-0.2, 0) is 4.79 Å². The van der Waals surface area contributed by atoms with Crippen LogP contribution in [0, 0.1) is 0 Å². The lowest BCUT2D eigenvalue weighted by atomic mass is 10.1. The molecule has 0 saturated carbocycles. The molecule has 8 heteroatoms. The summed E-state index contributed by atoms with van der Waals surface area (Å²) >= 11 is 18.5. The number of halogens is 3. The molecule has 0 spiro atoms. The van der Waals surface area contributed by atoms with Crippen LogP contribution in [0.25, 0.3) is 23.1 Å².